The van der Waals surface area contributed by atoms with E-state index in [1.54, 1.807) is 6.92 Å². The van der Waals surface area contributed by atoms with Crippen LogP contribution in [0.25, 0.3) is 0 Å². The minimum atomic E-state index is -2.82. The zero-order valence-electron chi connectivity index (χ0n) is 9.98. The molecule has 96 valence electrons. The Bertz CT molecular complexity index is 290. The van der Waals surface area contributed by atoms with Crippen LogP contribution in [0.4, 0.5) is 0 Å². The topological polar surface area (TPSA) is 66.4 Å². The van der Waals surface area contributed by atoms with Crippen molar-refractivity contribution in [2.45, 2.75) is 38.7 Å². The van der Waals surface area contributed by atoms with E-state index in [0.717, 1.165) is 32.4 Å². The minimum absolute atomic E-state index is 0.160. The van der Waals surface area contributed by atoms with Gasteiger partial charge in [-0.3, -0.25) is 0 Å². The lowest BCUT2D eigenvalue weighted by Crippen LogP contribution is -2.29. The smallest absolute Gasteiger partial charge is 0.150 e. The SMILES string of the molecule is CCS(=O)(=O)CCCNCC1CCCC1O. The van der Waals surface area contributed by atoms with Gasteiger partial charge in [0, 0.05) is 12.3 Å². The van der Waals surface area contributed by atoms with Crippen molar-refractivity contribution in [1.82, 2.24) is 5.32 Å². The van der Waals surface area contributed by atoms with Gasteiger partial charge in [0.1, 0.15) is 9.84 Å². The first-order valence-electron chi connectivity index (χ1n) is 6.14. The van der Waals surface area contributed by atoms with Gasteiger partial charge >= 0.3 is 0 Å². The van der Waals surface area contributed by atoms with Gasteiger partial charge in [-0.1, -0.05) is 13.3 Å². The molecular weight excluding hydrogens is 226 g/mol. The normalized spacial score (nSPS) is 26.1. The first kappa shape index (κ1) is 13.9. The number of hydrogen-bond acceptors (Lipinski definition) is 4. The highest BCUT2D eigenvalue weighted by Crippen LogP contribution is 2.24. The van der Waals surface area contributed by atoms with Gasteiger partial charge in [-0.2, -0.15) is 0 Å². The molecule has 4 nitrogen and oxygen atoms in total. The first-order chi connectivity index (χ1) is 7.55. The predicted octanol–water partition coefficient (Wildman–Crippen LogP) is 0.562. The molecule has 0 radical (unpaired) electrons. The summed E-state index contributed by atoms with van der Waals surface area (Å²) in [5.41, 5.74) is 0. The van der Waals surface area contributed by atoms with Gasteiger partial charge in [0.25, 0.3) is 0 Å². The summed E-state index contributed by atoms with van der Waals surface area (Å²) in [6, 6.07) is 0. The summed E-state index contributed by atoms with van der Waals surface area (Å²) in [5.74, 6) is 0.862. The zero-order valence-corrected chi connectivity index (χ0v) is 10.8. The molecule has 1 aliphatic rings. The predicted molar refractivity (Wildman–Crippen MR) is 65.2 cm³/mol. The number of rotatable bonds is 7. The average molecular weight is 249 g/mol. The Hall–Kier alpha value is -0.130. The van der Waals surface area contributed by atoms with Crippen LogP contribution in [0.5, 0.6) is 0 Å². The molecule has 1 aliphatic carbocycles. The molecule has 0 aromatic heterocycles. The molecule has 0 aromatic carbocycles. The molecule has 5 heteroatoms. The Labute approximate surface area is 98.4 Å². The van der Waals surface area contributed by atoms with Gasteiger partial charge in [0.2, 0.25) is 0 Å². The van der Waals surface area contributed by atoms with E-state index >= 15 is 0 Å². The Morgan fingerprint density at radius 2 is 2.12 bits per heavy atom. The molecule has 2 unspecified atom stereocenters. The van der Waals surface area contributed by atoms with Crippen molar-refractivity contribution in [3.8, 4) is 0 Å². The van der Waals surface area contributed by atoms with Crippen LogP contribution >= 0.6 is 0 Å². The maximum Gasteiger partial charge on any atom is 0.150 e. The van der Waals surface area contributed by atoms with Crippen LogP contribution in [0.1, 0.15) is 32.6 Å². The quantitative estimate of drug-likeness (QED) is 0.647. The van der Waals surface area contributed by atoms with Crippen LogP contribution in [0.3, 0.4) is 0 Å². The Morgan fingerprint density at radius 1 is 1.38 bits per heavy atom. The number of aliphatic hydroxyl groups is 1. The van der Waals surface area contributed by atoms with Crippen LogP contribution in [-0.2, 0) is 9.84 Å². The molecule has 0 saturated heterocycles. The summed E-state index contributed by atoms with van der Waals surface area (Å²) >= 11 is 0. The van der Waals surface area contributed by atoms with E-state index in [2.05, 4.69) is 5.32 Å². The van der Waals surface area contributed by atoms with Crippen molar-refractivity contribution >= 4 is 9.84 Å². The summed E-state index contributed by atoms with van der Waals surface area (Å²) in [4.78, 5) is 0. The van der Waals surface area contributed by atoms with Gasteiger partial charge in [0.05, 0.1) is 11.9 Å². The third-order valence-corrected chi connectivity index (χ3v) is 5.06. The fraction of sp³-hybridized carbons (Fsp3) is 1.00. The number of aliphatic hydroxyl groups excluding tert-OH is 1. The Kier molecular flexibility index (Phi) is 5.72. The molecule has 2 N–H and O–H groups in total. The van der Waals surface area contributed by atoms with Gasteiger partial charge in [0.15, 0.2) is 0 Å². The lowest BCUT2D eigenvalue weighted by Gasteiger charge is -2.14. The molecule has 0 spiro atoms. The van der Waals surface area contributed by atoms with Crippen molar-refractivity contribution < 1.29 is 13.5 Å². The maximum atomic E-state index is 11.2. The summed E-state index contributed by atoms with van der Waals surface area (Å²) in [6.07, 6.45) is 3.61. The van der Waals surface area contributed by atoms with Crippen LogP contribution in [0, 0.1) is 5.92 Å². The van der Waals surface area contributed by atoms with Gasteiger partial charge < -0.3 is 10.4 Å². The molecule has 0 heterocycles. The van der Waals surface area contributed by atoms with Crippen LogP contribution in [-0.4, -0.2) is 44.2 Å². The van der Waals surface area contributed by atoms with E-state index in [9.17, 15) is 13.5 Å². The zero-order chi connectivity index (χ0) is 12.0. The van der Waals surface area contributed by atoms with Gasteiger partial charge in [-0.15, -0.1) is 0 Å². The molecule has 0 aliphatic heterocycles. The first-order valence-corrected chi connectivity index (χ1v) is 7.96. The summed E-state index contributed by atoms with van der Waals surface area (Å²) < 4.78 is 22.4. The third-order valence-electron chi connectivity index (χ3n) is 3.27. The number of nitrogens with one attached hydrogen (secondary N) is 1. The van der Waals surface area contributed by atoms with E-state index in [0.29, 0.717) is 12.3 Å². The monoisotopic (exact) mass is 249 g/mol. The van der Waals surface area contributed by atoms with E-state index in [1.807, 2.05) is 0 Å². The molecule has 1 rings (SSSR count). The highest BCUT2D eigenvalue weighted by atomic mass is 32.2. The second kappa shape index (κ2) is 6.57. The number of hydrogen-bond donors (Lipinski definition) is 2. The standard InChI is InChI=1S/C11H23NO3S/c1-2-16(14,15)8-4-7-12-9-10-5-3-6-11(10)13/h10-13H,2-9H2,1H3. The van der Waals surface area contributed by atoms with Gasteiger partial charge in [-0.25, -0.2) is 8.42 Å². The van der Waals surface area contributed by atoms with Gasteiger partial charge in [-0.05, 0) is 31.7 Å². The third kappa shape index (κ3) is 4.80. The highest BCUT2D eigenvalue weighted by molar-refractivity contribution is 7.91. The van der Waals surface area contributed by atoms with E-state index in [-0.39, 0.29) is 17.6 Å². The molecule has 0 aromatic rings. The second-order valence-electron chi connectivity index (χ2n) is 4.55. The Balaban J connectivity index is 2.04. The van der Waals surface area contributed by atoms with Crippen molar-refractivity contribution in [3.05, 3.63) is 0 Å². The van der Waals surface area contributed by atoms with Crippen molar-refractivity contribution in [2.24, 2.45) is 5.92 Å². The molecule has 1 saturated carbocycles. The fourth-order valence-electron chi connectivity index (χ4n) is 2.10. The molecule has 2 atom stereocenters. The van der Waals surface area contributed by atoms with E-state index in [1.165, 1.54) is 0 Å². The molecule has 0 bridgehead atoms. The molecule has 1 fully saturated rings. The van der Waals surface area contributed by atoms with Crippen LogP contribution < -0.4 is 5.32 Å². The van der Waals surface area contributed by atoms with Crippen molar-refractivity contribution in [1.29, 1.82) is 0 Å². The largest absolute Gasteiger partial charge is 0.393 e. The fourth-order valence-corrected chi connectivity index (χ4v) is 2.98. The maximum absolute atomic E-state index is 11.2. The summed E-state index contributed by atoms with van der Waals surface area (Å²) in [6.45, 7) is 3.22. The second-order valence-corrected chi connectivity index (χ2v) is 7.03. The lowest BCUT2D eigenvalue weighted by molar-refractivity contribution is 0.132. The Morgan fingerprint density at radius 3 is 2.69 bits per heavy atom. The van der Waals surface area contributed by atoms with E-state index < -0.39 is 9.84 Å². The highest BCUT2D eigenvalue weighted by Gasteiger charge is 2.24. The minimum Gasteiger partial charge on any atom is -0.393 e. The summed E-state index contributed by atoms with van der Waals surface area (Å²) in [7, 11) is -2.82. The molecule has 16 heavy (non-hydrogen) atoms. The molecule has 0 amide bonds. The summed E-state index contributed by atoms with van der Waals surface area (Å²) in [5, 5.41) is 12.8. The lowest BCUT2D eigenvalue weighted by atomic mass is 10.1. The van der Waals surface area contributed by atoms with Crippen molar-refractivity contribution in [2.75, 3.05) is 24.6 Å². The van der Waals surface area contributed by atoms with E-state index in [4.69, 9.17) is 0 Å². The van der Waals surface area contributed by atoms with Crippen LogP contribution in [0.2, 0.25) is 0 Å². The van der Waals surface area contributed by atoms with Crippen LogP contribution in [0.15, 0.2) is 0 Å². The molecular formula is C11H23NO3S. The number of sulfone groups is 1. The average Bonchev–Trinajstić information content (AvgIpc) is 2.64. The van der Waals surface area contributed by atoms with Crippen molar-refractivity contribution in [3.63, 3.8) is 0 Å².